The van der Waals surface area contributed by atoms with Crippen LogP contribution in [0.4, 0.5) is 0 Å². The number of aromatic amines is 1. The second-order valence-electron chi connectivity index (χ2n) is 8.03. The molecule has 20 heteroatoms. The highest BCUT2D eigenvalue weighted by Gasteiger charge is 2.48. The van der Waals surface area contributed by atoms with Gasteiger partial charge < -0.3 is 44.8 Å². The topological polar surface area (TPSA) is 277 Å². The van der Waals surface area contributed by atoms with Crippen LogP contribution in [-0.4, -0.2) is 101 Å². The van der Waals surface area contributed by atoms with Crippen molar-refractivity contribution in [3.63, 3.8) is 0 Å². The van der Waals surface area contributed by atoms with Crippen LogP contribution in [0.25, 0.3) is 0 Å². The zero-order valence-electron chi connectivity index (χ0n) is 18.5. The predicted octanol–water partition coefficient (Wildman–Crippen LogP) is -3.46. The molecular formula is C16H26N2O16P2. The molecule has 0 aliphatic carbocycles. The summed E-state index contributed by atoms with van der Waals surface area (Å²) in [5.41, 5.74) is -1.27. The van der Waals surface area contributed by atoms with Crippen molar-refractivity contribution in [2.75, 3.05) is 13.2 Å². The van der Waals surface area contributed by atoms with Crippen LogP contribution < -0.4 is 11.2 Å². The van der Waals surface area contributed by atoms with Crippen LogP contribution in [0, 0.1) is 6.92 Å². The van der Waals surface area contributed by atoms with E-state index in [1.165, 1.54) is 13.1 Å². The SMILES string of the molecule is Cc1cn([C@H]2CC(O)[C@@H](COP(=O)(O)OP(=O)(O)OC3OC(CO)[C@@H](O)C(O)C3O)O2)c(=O)[nH]c1=O. The molecule has 0 bridgehead atoms. The molecule has 36 heavy (non-hydrogen) atoms. The van der Waals surface area contributed by atoms with Crippen molar-refractivity contribution < 1.29 is 67.3 Å². The number of hydrogen-bond acceptors (Lipinski definition) is 14. The van der Waals surface area contributed by atoms with Gasteiger partial charge >= 0.3 is 21.3 Å². The number of rotatable bonds is 9. The number of aliphatic hydroxyl groups excluding tert-OH is 5. The molecule has 0 radical (unpaired) electrons. The molecule has 0 spiro atoms. The average Bonchev–Trinajstić information content (AvgIpc) is 3.14. The number of phosphoric acid groups is 2. The van der Waals surface area contributed by atoms with Crippen molar-refractivity contribution in [2.45, 2.75) is 62.5 Å². The molecule has 8 N–H and O–H groups in total. The first-order valence-electron chi connectivity index (χ1n) is 10.3. The third-order valence-electron chi connectivity index (χ3n) is 5.35. The van der Waals surface area contributed by atoms with Crippen LogP contribution >= 0.6 is 15.6 Å². The monoisotopic (exact) mass is 564 g/mol. The minimum Gasteiger partial charge on any atom is -0.394 e. The molecule has 1 aromatic rings. The van der Waals surface area contributed by atoms with E-state index in [2.05, 4.69) is 18.3 Å². The number of nitrogens with one attached hydrogen (secondary N) is 1. The maximum atomic E-state index is 12.2. The maximum absolute atomic E-state index is 12.2. The van der Waals surface area contributed by atoms with Gasteiger partial charge in [-0.15, -0.1) is 0 Å². The number of H-pyrrole nitrogens is 1. The maximum Gasteiger partial charge on any atom is 0.483 e. The summed E-state index contributed by atoms with van der Waals surface area (Å²) in [6.45, 7) is -0.305. The molecule has 2 saturated heterocycles. The van der Waals surface area contributed by atoms with Gasteiger partial charge in [-0.2, -0.15) is 4.31 Å². The normalized spacial score (nSPS) is 36.3. The summed E-state index contributed by atoms with van der Waals surface area (Å²) in [6, 6.07) is 0. The lowest BCUT2D eigenvalue weighted by molar-refractivity contribution is -0.280. The van der Waals surface area contributed by atoms with E-state index in [0.717, 1.165) is 4.57 Å². The third-order valence-corrected chi connectivity index (χ3v) is 7.95. The minimum absolute atomic E-state index is 0.172. The Bertz CT molecular complexity index is 1140. The molecule has 18 nitrogen and oxygen atoms in total. The molecule has 0 saturated carbocycles. The zero-order valence-corrected chi connectivity index (χ0v) is 20.3. The number of aryl methyl sites for hydroxylation is 1. The van der Waals surface area contributed by atoms with Crippen LogP contribution in [-0.2, 0) is 32.0 Å². The van der Waals surface area contributed by atoms with Crippen molar-refractivity contribution in [3.8, 4) is 0 Å². The van der Waals surface area contributed by atoms with Gasteiger partial charge in [0.05, 0.1) is 19.3 Å². The summed E-state index contributed by atoms with van der Waals surface area (Å²) in [5.74, 6) is 0. The molecule has 3 rings (SSSR count). The van der Waals surface area contributed by atoms with E-state index >= 15 is 0 Å². The van der Waals surface area contributed by atoms with E-state index in [1.54, 1.807) is 0 Å². The number of aliphatic hydroxyl groups is 5. The Balaban J connectivity index is 1.59. The van der Waals surface area contributed by atoms with E-state index in [0.29, 0.717) is 0 Å². The molecule has 2 aliphatic heterocycles. The smallest absolute Gasteiger partial charge is 0.394 e. The van der Waals surface area contributed by atoms with Gasteiger partial charge in [0.25, 0.3) is 5.56 Å². The van der Waals surface area contributed by atoms with Crippen molar-refractivity contribution in [2.24, 2.45) is 0 Å². The summed E-state index contributed by atoms with van der Waals surface area (Å²) in [7, 11) is -10.9. The molecule has 0 amide bonds. The van der Waals surface area contributed by atoms with Gasteiger partial charge in [0, 0.05) is 18.2 Å². The third kappa shape index (κ3) is 6.75. The van der Waals surface area contributed by atoms with Gasteiger partial charge in [-0.25, -0.2) is 13.9 Å². The first-order valence-corrected chi connectivity index (χ1v) is 13.3. The lowest BCUT2D eigenvalue weighted by atomic mass is 10.00. The molecule has 1 aromatic heterocycles. The fraction of sp³-hybridized carbons (Fsp3) is 0.750. The van der Waals surface area contributed by atoms with Crippen LogP contribution in [0.1, 0.15) is 18.2 Å². The highest BCUT2D eigenvalue weighted by Crippen LogP contribution is 2.61. The van der Waals surface area contributed by atoms with Crippen LogP contribution in [0.3, 0.4) is 0 Å². The van der Waals surface area contributed by atoms with E-state index < -0.39 is 89.2 Å². The Labute approximate surface area is 201 Å². The summed E-state index contributed by atoms with van der Waals surface area (Å²) in [6.07, 6.45) is -12.2. The Morgan fingerprint density at radius 2 is 1.72 bits per heavy atom. The summed E-state index contributed by atoms with van der Waals surface area (Å²) in [4.78, 5) is 45.2. The van der Waals surface area contributed by atoms with Crippen LogP contribution in [0.5, 0.6) is 0 Å². The second-order valence-corrected chi connectivity index (χ2v) is 11.0. The second kappa shape index (κ2) is 11.2. The number of phosphoric ester groups is 2. The lowest BCUT2D eigenvalue weighted by Crippen LogP contribution is -2.58. The highest BCUT2D eigenvalue weighted by atomic mass is 31.3. The number of aromatic nitrogens is 2. The van der Waals surface area contributed by atoms with E-state index in [-0.39, 0.29) is 12.0 Å². The molecule has 7 unspecified atom stereocenters. The fourth-order valence-electron chi connectivity index (χ4n) is 3.46. The largest absolute Gasteiger partial charge is 0.483 e. The van der Waals surface area contributed by atoms with Gasteiger partial charge in [0.15, 0.2) is 6.29 Å². The van der Waals surface area contributed by atoms with Crippen LogP contribution in [0.15, 0.2) is 15.8 Å². The lowest BCUT2D eigenvalue weighted by Gasteiger charge is -2.39. The predicted molar refractivity (Wildman–Crippen MR) is 112 cm³/mol. The minimum atomic E-state index is -5.54. The number of ether oxygens (including phenoxy) is 2. The zero-order chi connectivity index (χ0) is 27.0. The molecule has 2 fully saturated rings. The summed E-state index contributed by atoms with van der Waals surface area (Å²) < 4.78 is 48.8. The molecule has 10 atom stereocenters. The highest BCUT2D eigenvalue weighted by molar-refractivity contribution is 7.61. The van der Waals surface area contributed by atoms with Gasteiger partial charge in [-0.1, -0.05) is 0 Å². The van der Waals surface area contributed by atoms with Gasteiger partial charge in [0.1, 0.15) is 36.7 Å². The quantitative estimate of drug-likeness (QED) is 0.135. The Morgan fingerprint density at radius 1 is 1.06 bits per heavy atom. The van der Waals surface area contributed by atoms with E-state index in [1.807, 2.05) is 0 Å². The molecular weight excluding hydrogens is 538 g/mol. The standard InChI is InChI=1S/C16H26N2O16P2/c1-6-3-18(16(25)17-14(6)24)10-2-7(20)9(31-10)5-30-35(26,27)34-36(28,29)33-15-13(23)12(22)11(21)8(4-19)32-15/h3,7-13,15,19-23H,2,4-5H2,1H3,(H,26,27)(H,28,29)(H,17,24,25)/t7?,8?,9-,10-,11-,12?,13?,15?/m1/s1. The van der Waals surface area contributed by atoms with E-state index in [9.17, 15) is 48.9 Å². The summed E-state index contributed by atoms with van der Waals surface area (Å²) in [5, 5.41) is 48.5. The Hall–Kier alpha value is -1.34. The van der Waals surface area contributed by atoms with Crippen molar-refractivity contribution in [1.82, 2.24) is 9.55 Å². The Kier molecular flexibility index (Phi) is 9.08. The molecule has 0 aromatic carbocycles. The van der Waals surface area contributed by atoms with E-state index in [4.69, 9.17) is 14.6 Å². The number of hydrogen-bond donors (Lipinski definition) is 8. The fourth-order valence-corrected chi connectivity index (χ4v) is 5.62. The number of nitrogens with zero attached hydrogens (tertiary/aromatic N) is 1. The Morgan fingerprint density at radius 3 is 2.36 bits per heavy atom. The first kappa shape index (κ1) is 29.2. The van der Waals surface area contributed by atoms with Crippen molar-refractivity contribution in [3.05, 3.63) is 32.6 Å². The van der Waals surface area contributed by atoms with Gasteiger partial charge in [-0.3, -0.25) is 23.4 Å². The molecule has 3 heterocycles. The average molecular weight is 564 g/mol. The van der Waals surface area contributed by atoms with Crippen LogP contribution in [0.2, 0.25) is 0 Å². The summed E-state index contributed by atoms with van der Waals surface area (Å²) >= 11 is 0. The van der Waals surface area contributed by atoms with Gasteiger partial charge in [-0.05, 0) is 6.92 Å². The van der Waals surface area contributed by atoms with Crippen molar-refractivity contribution >= 4 is 15.6 Å². The first-order chi connectivity index (χ1) is 16.6. The molecule has 206 valence electrons. The van der Waals surface area contributed by atoms with Gasteiger partial charge in [0.2, 0.25) is 0 Å². The van der Waals surface area contributed by atoms with Crippen molar-refractivity contribution in [1.29, 1.82) is 0 Å². The molecule has 2 aliphatic rings.